The number of nitrogens with two attached hydrogens (primary N) is 1. The van der Waals surface area contributed by atoms with E-state index in [1.54, 1.807) is 6.07 Å². The summed E-state index contributed by atoms with van der Waals surface area (Å²) in [7, 11) is 0. The molecule has 5 heteroatoms. The van der Waals surface area contributed by atoms with Crippen molar-refractivity contribution in [1.82, 2.24) is 9.55 Å². The summed E-state index contributed by atoms with van der Waals surface area (Å²) in [5, 5.41) is 1.78. The molecule has 3 nitrogen and oxygen atoms in total. The molecule has 0 bridgehead atoms. The molecular formula is C24H19ClFN3. The van der Waals surface area contributed by atoms with Crippen LogP contribution in [-0.4, -0.2) is 16.2 Å². The van der Waals surface area contributed by atoms with Crippen molar-refractivity contribution in [3.05, 3.63) is 83.0 Å². The summed E-state index contributed by atoms with van der Waals surface area (Å²) in [6, 6.07) is 21.7. The maximum Gasteiger partial charge on any atom is 0.150 e. The van der Waals surface area contributed by atoms with Gasteiger partial charge in [0.25, 0.3) is 0 Å². The molecule has 2 aromatic carbocycles. The monoisotopic (exact) mass is 403 g/mol. The number of anilines is 1. The van der Waals surface area contributed by atoms with Gasteiger partial charge in [-0.3, -0.25) is 0 Å². The number of pyridine rings is 1. The zero-order chi connectivity index (χ0) is 20.2. The van der Waals surface area contributed by atoms with Crippen LogP contribution in [0.3, 0.4) is 0 Å². The van der Waals surface area contributed by atoms with Crippen LogP contribution >= 0.6 is 11.6 Å². The van der Waals surface area contributed by atoms with Crippen LogP contribution in [-0.2, 0) is 13.0 Å². The molecular weight excluding hydrogens is 385 g/mol. The second-order valence-corrected chi connectivity index (χ2v) is 7.11. The number of rotatable bonds is 4. The fourth-order valence-electron chi connectivity index (χ4n) is 3.43. The molecule has 0 fully saturated rings. The van der Waals surface area contributed by atoms with Crippen molar-refractivity contribution >= 4 is 28.3 Å². The standard InChI is InChI=1S/C24H19ClFN3/c25-21-9-2-1-8-20(21)23-15-18-12-11-17(6-3-4-13-26)14-22(18)29(23)16-19-7-5-10-24(27)28-19/h1-2,5,7-12,14-15H,6,13,16H2,(H2,27,28). The van der Waals surface area contributed by atoms with Crippen LogP contribution in [0.5, 0.6) is 0 Å². The Bertz CT molecular complexity index is 1230. The predicted molar refractivity (Wildman–Crippen MR) is 118 cm³/mol. The van der Waals surface area contributed by atoms with E-state index in [0.29, 0.717) is 23.8 Å². The van der Waals surface area contributed by atoms with Gasteiger partial charge in [0.05, 0.1) is 17.9 Å². The first-order chi connectivity index (χ1) is 14.2. The van der Waals surface area contributed by atoms with E-state index in [-0.39, 0.29) is 0 Å². The molecule has 2 heterocycles. The highest BCUT2D eigenvalue weighted by molar-refractivity contribution is 6.33. The van der Waals surface area contributed by atoms with Crippen LogP contribution in [0, 0.1) is 11.8 Å². The summed E-state index contributed by atoms with van der Waals surface area (Å²) >= 11 is 6.50. The van der Waals surface area contributed by atoms with Gasteiger partial charge in [0.15, 0.2) is 0 Å². The number of halogens is 2. The predicted octanol–water partition coefficient (Wildman–Crippen LogP) is 5.50. The molecule has 4 aromatic rings. The minimum Gasteiger partial charge on any atom is -0.384 e. The van der Waals surface area contributed by atoms with E-state index in [1.807, 2.05) is 42.5 Å². The van der Waals surface area contributed by atoms with Gasteiger partial charge in [-0.15, -0.1) is 0 Å². The van der Waals surface area contributed by atoms with Crippen LogP contribution in [0.1, 0.15) is 11.3 Å². The van der Waals surface area contributed by atoms with Gasteiger partial charge in [-0.1, -0.05) is 59.8 Å². The van der Waals surface area contributed by atoms with Gasteiger partial charge >= 0.3 is 0 Å². The molecule has 4 rings (SSSR count). The maximum absolute atomic E-state index is 12.3. The first kappa shape index (κ1) is 19.0. The first-order valence-electron chi connectivity index (χ1n) is 9.26. The second-order valence-electron chi connectivity index (χ2n) is 6.71. The van der Waals surface area contributed by atoms with Gasteiger partial charge in [-0.25, -0.2) is 9.37 Å². The fourth-order valence-corrected chi connectivity index (χ4v) is 3.66. The summed E-state index contributed by atoms with van der Waals surface area (Å²) < 4.78 is 14.5. The van der Waals surface area contributed by atoms with Crippen molar-refractivity contribution in [1.29, 1.82) is 0 Å². The summed E-state index contributed by atoms with van der Waals surface area (Å²) in [5.41, 5.74) is 10.8. The lowest BCUT2D eigenvalue weighted by Crippen LogP contribution is -2.05. The number of alkyl halides is 1. The number of aromatic nitrogens is 2. The van der Waals surface area contributed by atoms with Crippen LogP contribution in [0.15, 0.2) is 66.7 Å². The van der Waals surface area contributed by atoms with E-state index in [9.17, 15) is 4.39 Å². The Morgan fingerprint density at radius 2 is 1.86 bits per heavy atom. The quantitative estimate of drug-likeness (QED) is 0.457. The molecule has 0 saturated carbocycles. The molecule has 0 unspecified atom stereocenters. The summed E-state index contributed by atoms with van der Waals surface area (Å²) in [6.07, 6.45) is 0.503. The van der Waals surface area contributed by atoms with Crippen molar-refractivity contribution in [2.45, 2.75) is 13.0 Å². The number of hydrogen-bond acceptors (Lipinski definition) is 2. The minimum absolute atomic E-state index is 0.487. The SMILES string of the molecule is Nc1cccc(Cn2c(-c3ccccc3Cl)cc3ccc(CC#CCF)cc32)n1. The molecule has 0 aliphatic carbocycles. The highest BCUT2D eigenvalue weighted by Crippen LogP contribution is 2.33. The normalized spacial score (nSPS) is 10.7. The molecule has 0 spiro atoms. The highest BCUT2D eigenvalue weighted by atomic mass is 35.5. The summed E-state index contributed by atoms with van der Waals surface area (Å²) in [6.45, 7) is -0.0783. The molecule has 0 amide bonds. The fraction of sp³-hybridized carbons (Fsp3) is 0.125. The Hall–Kier alpha value is -3.29. The Balaban J connectivity index is 1.88. The van der Waals surface area contributed by atoms with Crippen molar-refractivity contribution in [3.63, 3.8) is 0 Å². The van der Waals surface area contributed by atoms with Gasteiger partial charge in [-0.05, 0) is 35.9 Å². The molecule has 29 heavy (non-hydrogen) atoms. The van der Waals surface area contributed by atoms with Crippen LogP contribution < -0.4 is 5.73 Å². The van der Waals surface area contributed by atoms with Gasteiger partial charge in [0, 0.05) is 27.9 Å². The molecule has 0 aliphatic rings. The molecule has 144 valence electrons. The number of nitrogen functional groups attached to an aromatic ring is 1. The highest BCUT2D eigenvalue weighted by Gasteiger charge is 2.14. The number of benzene rings is 2. The van der Waals surface area contributed by atoms with Crippen LogP contribution in [0.25, 0.3) is 22.2 Å². The molecule has 0 saturated heterocycles. The van der Waals surface area contributed by atoms with Gasteiger partial charge in [0.2, 0.25) is 0 Å². The molecule has 0 aliphatic heterocycles. The van der Waals surface area contributed by atoms with Gasteiger partial charge < -0.3 is 10.3 Å². The third-order valence-corrected chi connectivity index (χ3v) is 5.08. The molecule has 0 atom stereocenters. The van der Waals surface area contributed by atoms with Crippen molar-refractivity contribution in [2.24, 2.45) is 0 Å². The Morgan fingerprint density at radius 3 is 2.66 bits per heavy atom. The van der Waals surface area contributed by atoms with E-state index >= 15 is 0 Å². The van der Waals surface area contributed by atoms with Gasteiger partial charge in [-0.2, -0.15) is 0 Å². The van der Waals surface area contributed by atoms with E-state index in [4.69, 9.17) is 17.3 Å². The smallest absolute Gasteiger partial charge is 0.150 e. The average Bonchev–Trinajstić information content (AvgIpc) is 3.06. The van der Waals surface area contributed by atoms with E-state index in [2.05, 4.69) is 39.6 Å². The minimum atomic E-state index is -0.629. The van der Waals surface area contributed by atoms with E-state index in [0.717, 1.165) is 33.4 Å². The van der Waals surface area contributed by atoms with Crippen molar-refractivity contribution in [3.8, 4) is 23.1 Å². The molecule has 0 radical (unpaired) electrons. The Morgan fingerprint density at radius 1 is 1.00 bits per heavy atom. The zero-order valence-corrected chi connectivity index (χ0v) is 16.5. The lowest BCUT2D eigenvalue weighted by Gasteiger charge is -2.12. The molecule has 2 aromatic heterocycles. The first-order valence-corrected chi connectivity index (χ1v) is 9.63. The maximum atomic E-state index is 12.3. The summed E-state index contributed by atoms with van der Waals surface area (Å²) in [4.78, 5) is 4.46. The van der Waals surface area contributed by atoms with Crippen molar-refractivity contribution in [2.75, 3.05) is 12.4 Å². The number of hydrogen-bond donors (Lipinski definition) is 1. The van der Waals surface area contributed by atoms with Crippen molar-refractivity contribution < 1.29 is 4.39 Å². The second kappa shape index (κ2) is 8.38. The Labute approximate surface area is 173 Å². The Kier molecular flexibility index (Phi) is 5.50. The number of nitrogens with zero attached hydrogens (tertiary/aromatic N) is 2. The topological polar surface area (TPSA) is 43.8 Å². The third-order valence-electron chi connectivity index (χ3n) is 4.75. The third kappa shape index (κ3) is 4.11. The zero-order valence-electron chi connectivity index (χ0n) is 15.7. The van der Waals surface area contributed by atoms with E-state index in [1.165, 1.54) is 0 Å². The van der Waals surface area contributed by atoms with Crippen LogP contribution in [0.2, 0.25) is 5.02 Å². The number of fused-ring (bicyclic) bond motifs is 1. The van der Waals surface area contributed by atoms with E-state index < -0.39 is 6.67 Å². The lowest BCUT2D eigenvalue weighted by atomic mass is 10.1. The largest absolute Gasteiger partial charge is 0.384 e. The average molecular weight is 404 g/mol. The summed E-state index contributed by atoms with van der Waals surface area (Å²) in [5.74, 6) is 5.82. The van der Waals surface area contributed by atoms with Crippen LogP contribution in [0.4, 0.5) is 10.2 Å². The molecule has 2 N–H and O–H groups in total. The lowest BCUT2D eigenvalue weighted by molar-refractivity contribution is 0.573. The van der Waals surface area contributed by atoms with Gasteiger partial charge in [0.1, 0.15) is 12.5 Å².